The largest absolute Gasteiger partial charge is 0.416 e. The Labute approximate surface area is 167 Å². The molecule has 0 unspecified atom stereocenters. The predicted molar refractivity (Wildman–Crippen MR) is 103 cm³/mol. The first kappa shape index (κ1) is 20.7. The first-order valence-corrected chi connectivity index (χ1v) is 8.36. The molecule has 0 radical (unpaired) electrons. The molecular formula is C19H15F4N5O2. The van der Waals surface area contributed by atoms with Crippen LogP contribution >= 0.6 is 0 Å². The average Bonchev–Trinajstić information content (AvgIpc) is 3.05. The van der Waals surface area contributed by atoms with E-state index < -0.39 is 35.2 Å². The van der Waals surface area contributed by atoms with E-state index in [1.807, 2.05) is 5.32 Å². The predicted octanol–water partition coefficient (Wildman–Crippen LogP) is 3.77. The van der Waals surface area contributed by atoms with Gasteiger partial charge in [0.05, 0.1) is 16.8 Å². The fraction of sp³-hybridized carbons (Fsp3) is 0.0526. The van der Waals surface area contributed by atoms with Crippen LogP contribution in [0.25, 0.3) is 11.1 Å². The maximum Gasteiger partial charge on any atom is 0.416 e. The van der Waals surface area contributed by atoms with Crippen molar-refractivity contribution in [1.82, 2.24) is 4.68 Å². The topological polar surface area (TPSA) is 115 Å². The van der Waals surface area contributed by atoms with Gasteiger partial charge in [0.2, 0.25) is 0 Å². The molecule has 2 aromatic carbocycles. The van der Waals surface area contributed by atoms with Gasteiger partial charge < -0.3 is 22.2 Å². The summed E-state index contributed by atoms with van der Waals surface area (Å²) in [7, 11) is 0. The quantitative estimate of drug-likeness (QED) is 0.380. The normalized spacial score (nSPS) is 11.2. The summed E-state index contributed by atoms with van der Waals surface area (Å²) < 4.78 is 53.2. The minimum Gasteiger partial charge on any atom is -0.366 e. The van der Waals surface area contributed by atoms with Crippen LogP contribution in [0.15, 0.2) is 54.9 Å². The molecule has 156 valence electrons. The zero-order valence-corrected chi connectivity index (χ0v) is 15.1. The van der Waals surface area contributed by atoms with Gasteiger partial charge in [-0.05, 0) is 35.9 Å². The van der Waals surface area contributed by atoms with Crippen LogP contribution in [0.1, 0.15) is 15.9 Å². The summed E-state index contributed by atoms with van der Waals surface area (Å²) in [6.45, 7) is 0. The summed E-state index contributed by atoms with van der Waals surface area (Å²) in [6, 6.07) is 6.86. The minimum atomic E-state index is -4.68. The number of benzene rings is 2. The van der Waals surface area contributed by atoms with Crippen molar-refractivity contribution in [3.8, 4) is 11.1 Å². The number of nitrogens with zero attached hydrogens (tertiary/aromatic N) is 1. The summed E-state index contributed by atoms with van der Waals surface area (Å²) in [5.74, 6) is 3.93. The van der Waals surface area contributed by atoms with Gasteiger partial charge in [0.1, 0.15) is 5.82 Å². The lowest BCUT2D eigenvalue weighted by Gasteiger charge is -2.12. The smallest absolute Gasteiger partial charge is 0.366 e. The lowest BCUT2D eigenvalue weighted by Crippen LogP contribution is -2.20. The van der Waals surface area contributed by atoms with Crippen LogP contribution < -0.4 is 22.2 Å². The molecule has 3 amide bonds. The van der Waals surface area contributed by atoms with Crippen molar-refractivity contribution in [2.75, 3.05) is 16.5 Å². The number of carbonyl (C=O) groups is 2. The van der Waals surface area contributed by atoms with Crippen LogP contribution in [0, 0.1) is 5.82 Å². The molecule has 11 heteroatoms. The lowest BCUT2D eigenvalue weighted by atomic mass is 10.0. The van der Waals surface area contributed by atoms with E-state index in [2.05, 4.69) is 5.32 Å². The second kappa shape index (κ2) is 7.78. The Morgan fingerprint density at radius 3 is 2.23 bits per heavy atom. The molecule has 0 aliphatic heterocycles. The molecule has 1 aromatic heterocycles. The highest BCUT2D eigenvalue weighted by atomic mass is 19.4. The van der Waals surface area contributed by atoms with Crippen LogP contribution in [0.5, 0.6) is 0 Å². The number of nitrogen functional groups attached to an aromatic ring is 1. The van der Waals surface area contributed by atoms with Crippen LogP contribution in [0.3, 0.4) is 0 Å². The number of aromatic nitrogens is 1. The van der Waals surface area contributed by atoms with E-state index in [4.69, 9.17) is 11.6 Å². The number of carbonyl (C=O) groups excluding carboxylic acids is 2. The standard InChI is InChI=1S/C19H15F4N5O2/c20-15-6-3-11(19(21,22)23)7-16(15)27-18(30)26-12-4-1-10(2-5-12)13-8-28(25)9-14(13)17(24)29/h1-9H,25H2,(H2,24,29)(H2,26,27,30). The average molecular weight is 421 g/mol. The van der Waals surface area contributed by atoms with Gasteiger partial charge in [-0.15, -0.1) is 0 Å². The SMILES string of the molecule is NC(=O)c1cn(N)cc1-c1ccc(NC(=O)Nc2cc(C(F)(F)F)ccc2F)cc1. The van der Waals surface area contributed by atoms with Gasteiger partial charge in [-0.3, -0.25) is 9.47 Å². The van der Waals surface area contributed by atoms with E-state index in [1.165, 1.54) is 29.2 Å². The van der Waals surface area contributed by atoms with Crippen molar-refractivity contribution in [3.05, 3.63) is 71.8 Å². The van der Waals surface area contributed by atoms with Crippen molar-refractivity contribution < 1.29 is 27.2 Å². The number of rotatable bonds is 4. The molecule has 0 fully saturated rings. The van der Waals surface area contributed by atoms with Crippen molar-refractivity contribution in [1.29, 1.82) is 0 Å². The molecule has 0 atom stereocenters. The number of primary amides is 1. The van der Waals surface area contributed by atoms with E-state index in [0.29, 0.717) is 29.3 Å². The van der Waals surface area contributed by atoms with Gasteiger partial charge in [-0.2, -0.15) is 13.2 Å². The fourth-order valence-electron chi connectivity index (χ4n) is 2.72. The Morgan fingerprint density at radius 2 is 1.63 bits per heavy atom. The maximum absolute atomic E-state index is 13.7. The van der Waals surface area contributed by atoms with Gasteiger partial charge >= 0.3 is 12.2 Å². The van der Waals surface area contributed by atoms with E-state index in [0.717, 1.165) is 0 Å². The zero-order valence-electron chi connectivity index (χ0n) is 15.1. The summed E-state index contributed by atoms with van der Waals surface area (Å²) >= 11 is 0. The van der Waals surface area contributed by atoms with E-state index in [9.17, 15) is 27.2 Å². The third kappa shape index (κ3) is 4.51. The number of nitrogens with two attached hydrogens (primary N) is 2. The number of hydrogen-bond donors (Lipinski definition) is 4. The Kier molecular flexibility index (Phi) is 5.37. The Balaban J connectivity index is 1.74. The maximum atomic E-state index is 13.7. The fourth-order valence-corrected chi connectivity index (χ4v) is 2.72. The highest BCUT2D eigenvalue weighted by Crippen LogP contribution is 2.32. The third-order valence-electron chi connectivity index (χ3n) is 4.11. The monoisotopic (exact) mass is 421 g/mol. The number of anilines is 2. The molecule has 3 rings (SSSR count). The first-order valence-electron chi connectivity index (χ1n) is 8.36. The summed E-state index contributed by atoms with van der Waals surface area (Å²) in [5, 5.41) is 4.42. The molecule has 0 aliphatic carbocycles. The van der Waals surface area contributed by atoms with Gasteiger partial charge in [0.15, 0.2) is 0 Å². The molecule has 30 heavy (non-hydrogen) atoms. The number of halogens is 4. The van der Waals surface area contributed by atoms with Gasteiger partial charge in [0, 0.05) is 23.6 Å². The summed E-state index contributed by atoms with van der Waals surface area (Å²) in [4.78, 5) is 23.5. The van der Waals surface area contributed by atoms with Crippen LogP contribution in [-0.4, -0.2) is 16.6 Å². The van der Waals surface area contributed by atoms with Crippen LogP contribution in [-0.2, 0) is 6.18 Å². The number of hydrogen-bond acceptors (Lipinski definition) is 3. The molecular weight excluding hydrogens is 406 g/mol. The number of alkyl halides is 3. The van der Waals surface area contributed by atoms with E-state index >= 15 is 0 Å². The molecule has 0 saturated carbocycles. The van der Waals surface area contributed by atoms with E-state index in [-0.39, 0.29) is 11.3 Å². The van der Waals surface area contributed by atoms with Crippen molar-refractivity contribution in [2.24, 2.45) is 5.73 Å². The molecule has 1 heterocycles. The summed E-state index contributed by atoms with van der Waals surface area (Å²) in [6.07, 6.45) is -1.82. The molecule has 0 saturated heterocycles. The van der Waals surface area contributed by atoms with Crippen molar-refractivity contribution >= 4 is 23.3 Å². The molecule has 0 bridgehead atoms. The number of nitrogens with one attached hydrogen (secondary N) is 2. The first-order chi connectivity index (χ1) is 14.0. The van der Waals surface area contributed by atoms with Crippen molar-refractivity contribution in [3.63, 3.8) is 0 Å². The lowest BCUT2D eigenvalue weighted by molar-refractivity contribution is -0.137. The summed E-state index contributed by atoms with van der Waals surface area (Å²) in [5.41, 5.74) is 5.14. The highest BCUT2D eigenvalue weighted by molar-refractivity contribution is 6.01. The number of urea groups is 1. The zero-order chi connectivity index (χ0) is 22.1. The number of amides is 3. The molecule has 0 spiro atoms. The Hall–Kier alpha value is -4.02. The van der Waals surface area contributed by atoms with Gasteiger partial charge in [-0.1, -0.05) is 12.1 Å². The van der Waals surface area contributed by atoms with Gasteiger partial charge in [-0.25, -0.2) is 9.18 Å². The molecule has 3 aromatic rings. The third-order valence-corrected chi connectivity index (χ3v) is 4.11. The minimum absolute atomic E-state index is 0.205. The van der Waals surface area contributed by atoms with Crippen molar-refractivity contribution in [2.45, 2.75) is 6.18 Å². The Morgan fingerprint density at radius 1 is 0.967 bits per heavy atom. The second-order valence-electron chi connectivity index (χ2n) is 6.25. The van der Waals surface area contributed by atoms with Gasteiger partial charge in [0.25, 0.3) is 5.91 Å². The second-order valence-corrected chi connectivity index (χ2v) is 6.25. The highest BCUT2D eigenvalue weighted by Gasteiger charge is 2.31. The van der Waals surface area contributed by atoms with Crippen LogP contribution in [0.4, 0.5) is 33.7 Å². The molecule has 0 aliphatic rings. The van der Waals surface area contributed by atoms with Crippen LogP contribution in [0.2, 0.25) is 0 Å². The van der Waals surface area contributed by atoms with E-state index in [1.54, 1.807) is 12.1 Å². The Bertz CT molecular complexity index is 1110. The molecule has 7 nitrogen and oxygen atoms in total. The molecule has 6 N–H and O–H groups in total.